The fourth-order valence-electron chi connectivity index (χ4n) is 2.65. The van der Waals surface area contributed by atoms with Gasteiger partial charge in [0.25, 0.3) is 0 Å². The highest BCUT2D eigenvalue weighted by atomic mass is 32.2. The van der Waals surface area contributed by atoms with E-state index in [9.17, 15) is 8.42 Å². The van der Waals surface area contributed by atoms with Gasteiger partial charge < -0.3 is 11.1 Å². The lowest BCUT2D eigenvalue weighted by atomic mass is 10.2. The highest BCUT2D eigenvalue weighted by molar-refractivity contribution is 7.89. The van der Waals surface area contributed by atoms with Crippen molar-refractivity contribution >= 4 is 21.4 Å². The summed E-state index contributed by atoms with van der Waals surface area (Å²) in [7, 11) is -3.70. The van der Waals surface area contributed by atoms with Crippen molar-refractivity contribution in [2.75, 3.05) is 30.7 Å². The molecular formula is C13H22N4O2S. The molecule has 0 bridgehead atoms. The van der Waals surface area contributed by atoms with E-state index >= 15 is 0 Å². The van der Waals surface area contributed by atoms with Crippen molar-refractivity contribution in [3.05, 3.63) is 18.2 Å². The van der Waals surface area contributed by atoms with Crippen molar-refractivity contribution in [2.24, 2.45) is 5.14 Å². The first-order valence-corrected chi connectivity index (χ1v) is 8.36. The Hall–Kier alpha value is -1.31. The van der Waals surface area contributed by atoms with Gasteiger partial charge in [0.05, 0.1) is 16.3 Å². The molecule has 1 aliphatic heterocycles. The largest absolute Gasteiger partial charge is 0.397 e. The third kappa shape index (κ3) is 3.41. The van der Waals surface area contributed by atoms with E-state index in [4.69, 9.17) is 10.9 Å². The Kier molecular flexibility index (Phi) is 4.52. The molecule has 1 saturated heterocycles. The minimum Gasteiger partial charge on any atom is -0.397 e. The molecule has 5 N–H and O–H groups in total. The highest BCUT2D eigenvalue weighted by Gasteiger charge is 2.22. The van der Waals surface area contributed by atoms with Crippen LogP contribution < -0.4 is 16.2 Å². The van der Waals surface area contributed by atoms with Crippen LogP contribution in [0.2, 0.25) is 0 Å². The van der Waals surface area contributed by atoms with E-state index < -0.39 is 10.0 Å². The molecule has 6 nitrogen and oxygen atoms in total. The molecule has 20 heavy (non-hydrogen) atoms. The number of rotatable bonds is 5. The van der Waals surface area contributed by atoms with Gasteiger partial charge in [-0.25, -0.2) is 13.6 Å². The summed E-state index contributed by atoms with van der Waals surface area (Å²) in [5.41, 5.74) is 7.02. The quantitative estimate of drug-likeness (QED) is 0.698. The number of primary sulfonamides is 1. The van der Waals surface area contributed by atoms with Gasteiger partial charge in [-0.15, -0.1) is 0 Å². The number of likely N-dealkylation sites (tertiary alicyclic amines) is 1. The van der Waals surface area contributed by atoms with E-state index in [2.05, 4.69) is 17.1 Å². The Bertz CT molecular complexity index is 574. The summed E-state index contributed by atoms with van der Waals surface area (Å²) >= 11 is 0. The maximum absolute atomic E-state index is 11.2. The zero-order chi connectivity index (χ0) is 14.8. The summed E-state index contributed by atoms with van der Waals surface area (Å²) in [5.74, 6) is 0. The highest BCUT2D eigenvalue weighted by Crippen LogP contribution is 2.23. The van der Waals surface area contributed by atoms with Crippen LogP contribution in [-0.4, -0.2) is 39.0 Å². The van der Waals surface area contributed by atoms with Crippen LogP contribution in [-0.2, 0) is 10.0 Å². The first-order chi connectivity index (χ1) is 9.41. The average Bonchev–Trinajstić information content (AvgIpc) is 2.83. The first-order valence-electron chi connectivity index (χ1n) is 6.82. The Labute approximate surface area is 120 Å². The van der Waals surface area contributed by atoms with Gasteiger partial charge in [0.15, 0.2) is 0 Å². The molecular weight excluding hydrogens is 276 g/mol. The summed E-state index contributed by atoms with van der Waals surface area (Å²) in [6, 6.07) is 5.04. The zero-order valence-corrected chi connectivity index (χ0v) is 12.5. The van der Waals surface area contributed by atoms with Crippen molar-refractivity contribution in [1.29, 1.82) is 0 Å². The lowest BCUT2D eigenvalue weighted by Crippen LogP contribution is -2.34. The Morgan fingerprint density at radius 3 is 2.80 bits per heavy atom. The molecule has 0 saturated carbocycles. The van der Waals surface area contributed by atoms with Crippen LogP contribution in [0.25, 0.3) is 0 Å². The monoisotopic (exact) mass is 298 g/mol. The molecule has 2 rings (SSSR count). The summed E-state index contributed by atoms with van der Waals surface area (Å²) in [4.78, 5) is 2.47. The van der Waals surface area contributed by atoms with Gasteiger partial charge in [0.2, 0.25) is 10.0 Å². The number of benzene rings is 1. The van der Waals surface area contributed by atoms with Crippen LogP contribution in [0.15, 0.2) is 23.1 Å². The van der Waals surface area contributed by atoms with Crippen LogP contribution in [0.1, 0.15) is 19.8 Å². The molecule has 1 heterocycles. The minimum absolute atomic E-state index is 0.0385. The number of sulfonamides is 1. The fourth-order valence-corrected chi connectivity index (χ4v) is 3.20. The van der Waals surface area contributed by atoms with Crippen molar-refractivity contribution in [2.45, 2.75) is 30.7 Å². The summed E-state index contributed by atoms with van der Waals surface area (Å²) in [5, 5.41) is 8.37. The summed E-state index contributed by atoms with van der Waals surface area (Å²) in [6.45, 7) is 5.16. The van der Waals surface area contributed by atoms with Crippen molar-refractivity contribution in [3.63, 3.8) is 0 Å². The number of hydrogen-bond acceptors (Lipinski definition) is 5. The van der Waals surface area contributed by atoms with E-state index in [1.54, 1.807) is 6.07 Å². The second-order valence-electron chi connectivity index (χ2n) is 5.10. The summed E-state index contributed by atoms with van der Waals surface area (Å²) in [6.07, 6.45) is 2.40. The maximum atomic E-state index is 11.2. The normalized spacial score (nSPS) is 20.2. The maximum Gasteiger partial charge on any atom is 0.238 e. The van der Waals surface area contributed by atoms with Gasteiger partial charge in [0, 0.05) is 12.6 Å². The molecule has 1 atom stereocenters. The molecule has 1 fully saturated rings. The topological polar surface area (TPSA) is 101 Å². The van der Waals surface area contributed by atoms with Gasteiger partial charge in [0.1, 0.15) is 0 Å². The lowest BCUT2D eigenvalue weighted by molar-refractivity contribution is 0.277. The molecule has 0 aromatic heterocycles. The predicted molar refractivity (Wildman–Crippen MR) is 81.0 cm³/mol. The van der Waals surface area contributed by atoms with Crippen LogP contribution in [0.3, 0.4) is 0 Å². The molecule has 1 aromatic rings. The third-order valence-electron chi connectivity index (χ3n) is 3.78. The number of nitrogens with one attached hydrogen (secondary N) is 1. The van der Waals surface area contributed by atoms with Gasteiger partial charge >= 0.3 is 0 Å². The second-order valence-corrected chi connectivity index (χ2v) is 6.66. The number of likely N-dealkylation sites (N-methyl/N-ethyl adjacent to an activating group) is 1. The average molecular weight is 298 g/mol. The molecule has 0 amide bonds. The third-order valence-corrected chi connectivity index (χ3v) is 4.70. The number of nitrogen functional groups attached to an aromatic ring is 1. The van der Waals surface area contributed by atoms with E-state index in [1.807, 2.05) is 0 Å². The standard InChI is InChI=1S/C13H22N4O2S/c1-2-17-7-3-4-10(17)9-16-13-6-5-11(8-12(13)14)20(15,18)19/h5-6,8,10,16H,2-4,7,9,14H2,1H3,(H2,15,18,19). The molecule has 0 spiro atoms. The summed E-state index contributed by atoms with van der Waals surface area (Å²) < 4.78 is 22.5. The van der Waals surface area contributed by atoms with E-state index in [1.165, 1.54) is 25.0 Å². The number of anilines is 2. The van der Waals surface area contributed by atoms with Gasteiger partial charge in [-0.05, 0) is 44.1 Å². The van der Waals surface area contributed by atoms with Crippen LogP contribution in [0, 0.1) is 0 Å². The number of nitrogens with zero attached hydrogens (tertiary/aromatic N) is 1. The zero-order valence-electron chi connectivity index (χ0n) is 11.7. The Morgan fingerprint density at radius 1 is 1.45 bits per heavy atom. The Balaban J connectivity index is 2.03. The lowest BCUT2D eigenvalue weighted by Gasteiger charge is -2.23. The number of nitrogens with two attached hydrogens (primary N) is 2. The van der Waals surface area contributed by atoms with Crippen molar-refractivity contribution < 1.29 is 8.42 Å². The number of hydrogen-bond donors (Lipinski definition) is 3. The van der Waals surface area contributed by atoms with Crippen molar-refractivity contribution in [3.8, 4) is 0 Å². The fraction of sp³-hybridized carbons (Fsp3) is 0.538. The van der Waals surface area contributed by atoms with Crippen LogP contribution in [0.5, 0.6) is 0 Å². The molecule has 1 aromatic carbocycles. The molecule has 0 radical (unpaired) electrons. The van der Waals surface area contributed by atoms with Gasteiger partial charge in [-0.2, -0.15) is 0 Å². The predicted octanol–water partition coefficient (Wildman–Crippen LogP) is 0.812. The molecule has 7 heteroatoms. The smallest absolute Gasteiger partial charge is 0.238 e. The molecule has 1 unspecified atom stereocenters. The van der Waals surface area contributed by atoms with Crippen LogP contribution in [0.4, 0.5) is 11.4 Å². The SMILES string of the molecule is CCN1CCCC1CNc1ccc(S(N)(=O)=O)cc1N. The van der Waals surface area contributed by atoms with E-state index in [0.29, 0.717) is 11.7 Å². The van der Waals surface area contributed by atoms with Crippen LogP contribution >= 0.6 is 0 Å². The molecule has 0 aliphatic carbocycles. The van der Waals surface area contributed by atoms with Crippen molar-refractivity contribution in [1.82, 2.24) is 4.90 Å². The minimum atomic E-state index is -3.70. The molecule has 112 valence electrons. The Morgan fingerprint density at radius 2 is 2.20 bits per heavy atom. The second kappa shape index (κ2) is 5.99. The van der Waals surface area contributed by atoms with Gasteiger partial charge in [-0.1, -0.05) is 6.92 Å². The molecule has 1 aliphatic rings. The first kappa shape index (κ1) is 15.1. The van der Waals surface area contributed by atoms with Gasteiger partial charge in [-0.3, -0.25) is 4.90 Å². The van der Waals surface area contributed by atoms with E-state index in [-0.39, 0.29) is 4.90 Å². The van der Waals surface area contributed by atoms with E-state index in [0.717, 1.165) is 25.3 Å².